The summed E-state index contributed by atoms with van der Waals surface area (Å²) in [4.78, 5) is 12.9. The van der Waals surface area contributed by atoms with Crippen molar-refractivity contribution in [2.75, 3.05) is 21.2 Å². The van der Waals surface area contributed by atoms with Crippen LogP contribution in [0, 0.1) is 0 Å². The van der Waals surface area contributed by atoms with Gasteiger partial charge >= 0.3 is 0 Å². The van der Waals surface area contributed by atoms with Gasteiger partial charge in [-0.05, 0) is 60.7 Å². The van der Waals surface area contributed by atoms with E-state index >= 15 is 0 Å². The van der Waals surface area contributed by atoms with E-state index in [1.807, 2.05) is 18.2 Å². The number of sulfonamides is 1. The fraction of sp³-hybridized carbons (Fsp3) is 0.350. The second kappa shape index (κ2) is 7.70. The van der Waals surface area contributed by atoms with Gasteiger partial charge in [0.1, 0.15) is 5.75 Å². The van der Waals surface area contributed by atoms with Crippen molar-refractivity contribution in [2.24, 2.45) is 0 Å². The molecule has 0 spiro atoms. The van der Waals surface area contributed by atoms with E-state index in [-0.39, 0.29) is 16.8 Å². The van der Waals surface area contributed by atoms with Crippen LogP contribution in [0.5, 0.6) is 5.75 Å². The molecule has 1 amide bonds. The van der Waals surface area contributed by atoms with E-state index in [9.17, 15) is 13.2 Å². The van der Waals surface area contributed by atoms with Crippen molar-refractivity contribution in [1.29, 1.82) is 0 Å². The SMILES string of the molecule is COc1ccc2c(c1)CCCC2NC(=O)c1cccc(S(=O)(=O)N(C)C)c1. The maximum Gasteiger partial charge on any atom is 0.251 e. The van der Waals surface area contributed by atoms with Gasteiger partial charge in [0.15, 0.2) is 0 Å². The first-order valence-electron chi connectivity index (χ1n) is 8.83. The van der Waals surface area contributed by atoms with Gasteiger partial charge in [-0.3, -0.25) is 4.79 Å². The Labute approximate surface area is 160 Å². The van der Waals surface area contributed by atoms with Gasteiger partial charge in [0.2, 0.25) is 10.0 Å². The number of carbonyl (C=O) groups excluding carboxylic acids is 1. The third kappa shape index (κ3) is 3.99. The van der Waals surface area contributed by atoms with E-state index in [4.69, 9.17) is 4.74 Å². The second-order valence-corrected chi connectivity index (χ2v) is 8.95. The van der Waals surface area contributed by atoms with E-state index in [1.54, 1.807) is 19.2 Å². The van der Waals surface area contributed by atoms with Crippen LogP contribution in [-0.4, -0.2) is 39.8 Å². The molecule has 7 heteroatoms. The summed E-state index contributed by atoms with van der Waals surface area (Å²) in [5, 5.41) is 3.05. The highest BCUT2D eigenvalue weighted by Gasteiger charge is 2.24. The number of hydrogen-bond acceptors (Lipinski definition) is 4. The topological polar surface area (TPSA) is 75.7 Å². The Morgan fingerprint density at radius 1 is 1.19 bits per heavy atom. The van der Waals surface area contributed by atoms with Gasteiger partial charge in [0.05, 0.1) is 18.0 Å². The quantitative estimate of drug-likeness (QED) is 0.855. The largest absolute Gasteiger partial charge is 0.497 e. The minimum absolute atomic E-state index is 0.0960. The number of ether oxygens (including phenoxy) is 1. The van der Waals surface area contributed by atoms with Crippen LogP contribution in [0.4, 0.5) is 0 Å². The zero-order chi connectivity index (χ0) is 19.6. The van der Waals surface area contributed by atoms with Crippen molar-refractivity contribution in [1.82, 2.24) is 9.62 Å². The highest BCUT2D eigenvalue weighted by atomic mass is 32.2. The molecule has 0 aliphatic heterocycles. The van der Waals surface area contributed by atoms with Gasteiger partial charge in [0.25, 0.3) is 5.91 Å². The highest BCUT2D eigenvalue weighted by molar-refractivity contribution is 7.89. The molecule has 1 N–H and O–H groups in total. The fourth-order valence-electron chi connectivity index (χ4n) is 3.32. The number of hydrogen-bond donors (Lipinski definition) is 1. The molecule has 1 unspecified atom stereocenters. The monoisotopic (exact) mass is 388 g/mol. The van der Waals surface area contributed by atoms with Gasteiger partial charge in [-0.2, -0.15) is 0 Å². The highest BCUT2D eigenvalue weighted by Crippen LogP contribution is 2.32. The van der Waals surface area contributed by atoms with Crippen LogP contribution in [-0.2, 0) is 16.4 Å². The van der Waals surface area contributed by atoms with Gasteiger partial charge in [0, 0.05) is 19.7 Å². The Kier molecular flexibility index (Phi) is 5.53. The first-order valence-corrected chi connectivity index (χ1v) is 10.3. The summed E-state index contributed by atoms with van der Waals surface area (Å²) in [6.07, 6.45) is 2.77. The molecule has 144 valence electrons. The molecule has 0 fully saturated rings. The zero-order valence-corrected chi connectivity index (χ0v) is 16.5. The summed E-state index contributed by atoms with van der Waals surface area (Å²) >= 11 is 0. The summed E-state index contributed by atoms with van der Waals surface area (Å²) in [7, 11) is 0.990. The molecule has 6 nitrogen and oxygen atoms in total. The number of aryl methyl sites for hydroxylation is 1. The van der Waals surface area contributed by atoms with Crippen molar-refractivity contribution < 1.29 is 17.9 Å². The van der Waals surface area contributed by atoms with Crippen LogP contribution in [0.15, 0.2) is 47.4 Å². The lowest BCUT2D eigenvalue weighted by Crippen LogP contribution is -2.31. The van der Waals surface area contributed by atoms with Gasteiger partial charge in [-0.15, -0.1) is 0 Å². The van der Waals surface area contributed by atoms with Crippen molar-refractivity contribution in [3.8, 4) is 5.75 Å². The first-order chi connectivity index (χ1) is 12.8. The van der Waals surface area contributed by atoms with E-state index < -0.39 is 10.0 Å². The molecule has 1 atom stereocenters. The molecule has 0 saturated heterocycles. The molecule has 0 bridgehead atoms. The number of nitrogens with zero attached hydrogens (tertiary/aromatic N) is 1. The molecular weight excluding hydrogens is 364 g/mol. The number of methoxy groups -OCH3 is 1. The Bertz CT molecular complexity index is 954. The smallest absolute Gasteiger partial charge is 0.251 e. The average molecular weight is 388 g/mol. The van der Waals surface area contributed by atoms with Crippen molar-refractivity contribution in [3.63, 3.8) is 0 Å². The lowest BCUT2D eigenvalue weighted by atomic mass is 9.87. The minimum Gasteiger partial charge on any atom is -0.497 e. The lowest BCUT2D eigenvalue weighted by molar-refractivity contribution is 0.0932. The van der Waals surface area contributed by atoms with E-state index in [2.05, 4.69) is 5.32 Å². The Hall–Kier alpha value is -2.38. The molecule has 2 aromatic rings. The van der Waals surface area contributed by atoms with Crippen LogP contribution in [0.25, 0.3) is 0 Å². The van der Waals surface area contributed by atoms with Gasteiger partial charge in [-0.1, -0.05) is 12.1 Å². The van der Waals surface area contributed by atoms with Crippen LogP contribution in [0.1, 0.15) is 40.4 Å². The molecule has 27 heavy (non-hydrogen) atoms. The van der Waals surface area contributed by atoms with Crippen molar-refractivity contribution >= 4 is 15.9 Å². The minimum atomic E-state index is -3.58. The Morgan fingerprint density at radius 3 is 2.67 bits per heavy atom. The van der Waals surface area contributed by atoms with Gasteiger partial charge < -0.3 is 10.1 Å². The molecular formula is C20H24N2O4S. The number of fused-ring (bicyclic) bond motifs is 1. The van der Waals surface area contributed by atoms with Crippen LogP contribution < -0.4 is 10.1 Å². The molecule has 0 saturated carbocycles. The predicted molar refractivity (Wildman–Crippen MR) is 103 cm³/mol. The third-order valence-corrected chi connectivity index (χ3v) is 6.66. The molecule has 0 heterocycles. The molecule has 2 aromatic carbocycles. The maximum absolute atomic E-state index is 12.8. The number of rotatable bonds is 5. The summed E-state index contributed by atoms with van der Waals surface area (Å²) in [6, 6.07) is 11.9. The Morgan fingerprint density at radius 2 is 1.96 bits per heavy atom. The summed E-state index contributed by atoms with van der Waals surface area (Å²) in [5.74, 6) is 0.529. The predicted octanol–water partition coefficient (Wildman–Crippen LogP) is 2.75. The van der Waals surface area contributed by atoms with Crippen molar-refractivity contribution in [2.45, 2.75) is 30.2 Å². The third-order valence-electron chi connectivity index (χ3n) is 4.84. The molecule has 1 aliphatic rings. The van der Waals surface area contributed by atoms with Crippen LogP contribution in [0.2, 0.25) is 0 Å². The lowest BCUT2D eigenvalue weighted by Gasteiger charge is -2.27. The second-order valence-electron chi connectivity index (χ2n) is 6.80. The van der Waals surface area contributed by atoms with E-state index in [1.165, 1.54) is 31.8 Å². The summed E-state index contributed by atoms with van der Waals surface area (Å²) < 4.78 is 31.0. The van der Waals surface area contributed by atoms with Crippen LogP contribution in [0.3, 0.4) is 0 Å². The average Bonchev–Trinajstić information content (AvgIpc) is 2.67. The van der Waals surface area contributed by atoms with Gasteiger partial charge in [-0.25, -0.2) is 12.7 Å². The molecule has 1 aliphatic carbocycles. The standard InChI is InChI=1S/C20H24N2O4S/c1-22(2)27(24,25)17-8-4-7-15(13-17)20(23)21-19-9-5-6-14-12-16(26-3)10-11-18(14)19/h4,7-8,10-13,19H,5-6,9H2,1-3H3,(H,21,23). The van der Waals surface area contributed by atoms with E-state index in [0.29, 0.717) is 5.56 Å². The fourth-order valence-corrected chi connectivity index (χ4v) is 4.27. The van der Waals surface area contributed by atoms with Crippen molar-refractivity contribution in [3.05, 3.63) is 59.2 Å². The first kappa shape index (κ1) is 19.4. The maximum atomic E-state index is 12.8. The normalized spacial score (nSPS) is 16.7. The number of benzene rings is 2. The zero-order valence-electron chi connectivity index (χ0n) is 15.7. The Balaban J connectivity index is 1.83. The molecule has 3 rings (SSSR count). The molecule has 0 aromatic heterocycles. The number of amides is 1. The number of carbonyl (C=O) groups is 1. The van der Waals surface area contributed by atoms with Crippen LogP contribution >= 0.6 is 0 Å². The number of nitrogens with one attached hydrogen (secondary N) is 1. The molecule has 0 radical (unpaired) electrons. The summed E-state index contributed by atoms with van der Waals surface area (Å²) in [6.45, 7) is 0. The summed E-state index contributed by atoms with van der Waals surface area (Å²) in [5.41, 5.74) is 2.60. The van der Waals surface area contributed by atoms with E-state index in [0.717, 1.165) is 34.9 Å².